The second-order valence-electron chi connectivity index (χ2n) is 8.99. The van der Waals surface area contributed by atoms with Crippen molar-refractivity contribution in [2.45, 2.75) is 97.0 Å². The summed E-state index contributed by atoms with van der Waals surface area (Å²) in [6, 6.07) is 0. The van der Waals surface area contributed by atoms with E-state index in [1.807, 2.05) is 6.92 Å². The van der Waals surface area contributed by atoms with E-state index in [2.05, 4.69) is 60.8 Å². The molecule has 0 aliphatic rings. The van der Waals surface area contributed by atoms with E-state index in [-0.39, 0.29) is 32.1 Å². The lowest BCUT2D eigenvalue weighted by Gasteiger charge is -2.15. The Bertz CT molecular complexity index is 794. The van der Waals surface area contributed by atoms with Crippen molar-refractivity contribution in [2.75, 3.05) is 26.4 Å². The number of carbonyl (C=O) groups excluding carboxylic acids is 2. The molecule has 0 radical (unpaired) electrons. The minimum absolute atomic E-state index is 0.0571. The van der Waals surface area contributed by atoms with Crippen molar-refractivity contribution in [1.82, 2.24) is 5.32 Å². The van der Waals surface area contributed by atoms with E-state index >= 15 is 0 Å². The molecule has 1 amide bonds. The van der Waals surface area contributed by atoms with Gasteiger partial charge in [-0.2, -0.15) is 0 Å². The number of aliphatic hydroxyl groups excluding tert-OH is 1. The second kappa shape index (κ2) is 26.2. The summed E-state index contributed by atoms with van der Waals surface area (Å²) in [5.74, 6) is -0.593. The van der Waals surface area contributed by atoms with Crippen LogP contribution in [0.2, 0.25) is 0 Å². The molecule has 0 aromatic rings. The number of amides is 1. The zero-order valence-electron chi connectivity index (χ0n) is 23.8. The minimum Gasteiger partial charge on any atom is -0.463 e. The van der Waals surface area contributed by atoms with Crippen molar-refractivity contribution in [3.8, 4) is 0 Å². The number of carbonyl (C=O) groups is 2. The topological polar surface area (TPSA) is 131 Å². The summed E-state index contributed by atoms with van der Waals surface area (Å²) in [5.41, 5.74) is 0. The Morgan fingerprint density at radius 3 is 2.08 bits per heavy atom. The first kappa shape index (κ1) is 37.0. The van der Waals surface area contributed by atoms with E-state index in [1.54, 1.807) is 0 Å². The predicted octanol–water partition coefficient (Wildman–Crippen LogP) is 6.09. The number of allylic oxidation sites excluding steroid dienone is 8. The van der Waals surface area contributed by atoms with Crippen molar-refractivity contribution in [1.29, 1.82) is 0 Å². The number of hydrogen-bond donors (Lipinski definition) is 3. The lowest BCUT2D eigenvalue weighted by atomic mass is 10.1. The van der Waals surface area contributed by atoms with Crippen LogP contribution >= 0.6 is 7.82 Å². The van der Waals surface area contributed by atoms with Crippen molar-refractivity contribution < 1.29 is 37.9 Å². The summed E-state index contributed by atoms with van der Waals surface area (Å²) in [5, 5.41) is 12.4. The molecule has 0 saturated heterocycles. The van der Waals surface area contributed by atoms with E-state index < -0.39 is 26.5 Å². The summed E-state index contributed by atoms with van der Waals surface area (Å²) in [4.78, 5) is 33.1. The third-order valence-electron chi connectivity index (χ3n) is 5.27. The molecule has 0 aromatic carbocycles. The Labute approximate surface area is 235 Å². The Hall–Kier alpha value is -2.03. The predicted molar refractivity (Wildman–Crippen MR) is 155 cm³/mol. The van der Waals surface area contributed by atoms with Crippen LogP contribution in [0.3, 0.4) is 0 Å². The van der Waals surface area contributed by atoms with E-state index in [9.17, 15) is 24.2 Å². The van der Waals surface area contributed by atoms with Gasteiger partial charge < -0.3 is 20.1 Å². The van der Waals surface area contributed by atoms with Crippen LogP contribution in [0.1, 0.15) is 90.9 Å². The molecule has 0 aliphatic carbocycles. The highest BCUT2D eigenvalue weighted by Gasteiger charge is 2.23. The zero-order valence-corrected chi connectivity index (χ0v) is 24.7. The number of nitrogens with one attached hydrogen (secondary N) is 1. The van der Waals surface area contributed by atoms with Gasteiger partial charge in [-0.1, -0.05) is 75.3 Å². The molecule has 9 nitrogen and oxygen atoms in total. The van der Waals surface area contributed by atoms with Gasteiger partial charge in [0.05, 0.1) is 13.2 Å². The minimum atomic E-state index is -4.40. The summed E-state index contributed by atoms with van der Waals surface area (Å²) >= 11 is 0. The van der Waals surface area contributed by atoms with Gasteiger partial charge in [0, 0.05) is 19.4 Å². The lowest BCUT2D eigenvalue weighted by molar-refractivity contribution is -0.147. The number of unbranched alkanes of at least 4 members (excludes halogenated alkanes) is 4. The fourth-order valence-electron chi connectivity index (χ4n) is 3.13. The lowest BCUT2D eigenvalue weighted by Crippen LogP contribution is -2.27. The molecule has 2 unspecified atom stereocenters. The molecule has 0 saturated carbocycles. The molecule has 0 spiro atoms. The molecule has 0 aliphatic heterocycles. The van der Waals surface area contributed by atoms with Crippen LogP contribution in [0.4, 0.5) is 0 Å². The highest BCUT2D eigenvalue weighted by molar-refractivity contribution is 7.47. The second-order valence-corrected chi connectivity index (χ2v) is 10.4. The molecule has 0 bridgehead atoms. The van der Waals surface area contributed by atoms with Gasteiger partial charge in [0.15, 0.2) is 0 Å². The number of esters is 1. The number of ether oxygens (including phenoxy) is 1. The molecule has 0 heterocycles. The summed E-state index contributed by atoms with van der Waals surface area (Å²) in [6.07, 6.45) is 25.6. The molecule has 39 heavy (non-hydrogen) atoms. The van der Waals surface area contributed by atoms with Crippen molar-refractivity contribution in [3.63, 3.8) is 0 Å². The van der Waals surface area contributed by atoms with Crippen LogP contribution in [0.5, 0.6) is 0 Å². The van der Waals surface area contributed by atoms with Crippen molar-refractivity contribution >= 4 is 19.7 Å². The van der Waals surface area contributed by atoms with E-state index in [4.69, 9.17) is 13.8 Å². The molecule has 2 atom stereocenters. The summed E-state index contributed by atoms with van der Waals surface area (Å²) < 4.78 is 26.3. The average molecular weight is 572 g/mol. The molecule has 0 rings (SSSR count). The maximum Gasteiger partial charge on any atom is 0.472 e. The van der Waals surface area contributed by atoms with Crippen molar-refractivity contribution in [3.05, 3.63) is 48.6 Å². The molecule has 3 N–H and O–H groups in total. The third-order valence-corrected chi connectivity index (χ3v) is 6.26. The van der Waals surface area contributed by atoms with Crippen LogP contribution in [-0.4, -0.2) is 54.3 Å². The van der Waals surface area contributed by atoms with Gasteiger partial charge in [-0.25, -0.2) is 4.57 Å². The first-order valence-corrected chi connectivity index (χ1v) is 15.6. The number of phosphoric acid groups is 1. The van der Waals surface area contributed by atoms with Gasteiger partial charge in [-0.15, -0.1) is 0 Å². The molecule has 224 valence electrons. The number of aliphatic hydroxyl groups is 1. The van der Waals surface area contributed by atoms with E-state index in [0.29, 0.717) is 12.8 Å². The molecular weight excluding hydrogens is 521 g/mol. The van der Waals surface area contributed by atoms with Gasteiger partial charge in [-0.3, -0.25) is 18.6 Å². The molecule has 0 fully saturated rings. The fourth-order valence-corrected chi connectivity index (χ4v) is 3.89. The van der Waals surface area contributed by atoms with Crippen molar-refractivity contribution in [2.24, 2.45) is 0 Å². The quantitative estimate of drug-likeness (QED) is 0.0520. The van der Waals surface area contributed by atoms with Crippen LogP contribution < -0.4 is 5.32 Å². The SMILES string of the molecule is CC/C=C\C/C=C\C/C=C\C/C=C\CCCCC(=O)NCCOP(=O)(O)OCC(O)COC(=O)CCCCC. The number of hydrogen-bond acceptors (Lipinski definition) is 7. The molecular formula is C29H50NO8P. The zero-order chi connectivity index (χ0) is 29.0. The first-order chi connectivity index (χ1) is 18.8. The standard InChI is InChI=1S/C29H50NO8P/c1-3-5-7-8-9-10-11-12-13-14-15-16-17-18-20-21-28(32)30-23-24-37-39(34,35)38-26-27(31)25-36-29(33)22-19-6-4-2/h5,7,9-10,12-13,15-16,27,31H,3-4,6,8,11,14,17-26H2,1-2H3,(H,30,32)(H,34,35)/b7-5-,10-9-,13-12-,16-15-. The van der Waals surface area contributed by atoms with Gasteiger partial charge in [0.25, 0.3) is 0 Å². The Kier molecular flexibility index (Phi) is 24.8. The van der Waals surface area contributed by atoms with Gasteiger partial charge in [0.2, 0.25) is 5.91 Å². The van der Waals surface area contributed by atoms with Gasteiger partial charge >= 0.3 is 13.8 Å². The number of rotatable bonds is 25. The normalized spacial score (nSPS) is 14.5. The van der Waals surface area contributed by atoms with Gasteiger partial charge in [0.1, 0.15) is 12.7 Å². The van der Waals surface area contributed by atoms with Gasteiger partial charge in [-0.05, 0) is 51.4 Å². The van der Waals surface area contributed by atoms with Crippen LogP contribution in [-0.2, 0) is 27.9 Å². The van der Waals surface area contributed by atoms with Crippen LogP contribution in [0.15, 0.2) is 48.6 Å². The monoisotopic (exact) mass is 571 g/mol. The highest BCUT2D eigenvalue weighted by Crippen LogP contribution is 2.42. The summed E-state index contributed by atoms with van der Waals surface area (Å²) in [6.45, 7) is 3.13. The van der Waals surface area contributed by atoms with E-state index in [1.165, 1.54) is 0 Å². The Balaban J connectivity index is 3.74. The summed E-state index contributed by atoms with van der Waals surface area (Å²) in [7, 11) is -4.40. The largest absolute Gasteiger partial charge is 0.472 e. The third kappa shape index (κ3) is 27.3. The number of phosphoric ester groups is 1. The van der Waals surface area contributed by atoms with Crippen LogP contribution in [0, 0.1) is 0 Å². The fraction of sp³-hybridized carbons (Fsp3) is 0.655. The molecule has 10 heteroatoms. The maximum absolute atomic E-state index is 11.9. The molecule has 0 aromatic heterocycles. The Morgan fingerprint density at radius 2 is 1.44 bits per heavy atom. The first-order valence-electron chi connectivity index (χ1n) is 14.1. The van der Waals surface area contributed by atoms with Crippen LogP contribution in [0.25, 0.3) is 0 Å². The Morgan fingerprint density at radius 1 is 0.821 bits per heavy atom. The van der Waals surface area contributed by atoms with E-state index in [0.717, 1.165) is 57.8 Å². The highest BCUT2D eigenvalue weighted by atomic mass is 31.2. The smallest absolute Gasteiger partial charge is 0.463 e. The average Bonchev–Trinajstić information content (AvgIpc) is 2.91. The maximum atomic E-state index is 11.9.